The maximum Gasteiger partial charge on any atom is 0.0431 e. The summed E-state index contributed by atoms with van der Waals surface area (Å²) in [4.78, 5) is 0. The van der Waals surface area contributed by atoms with Gasteiger partial charge in [-0.05, 0) is 30.6 Å². The van der Waals surface area contributed by atoms with Gasteiger partial charge in [0, 0.05) is 6.61 Å². The molecule has 1 unspecified atom stereocenters. The molecule has 1 aliphatic rings. The Morgan fingerprint density at radius 3 is 2.44 bits per heavy atom. The van der Waals surface area contributed by atoms with Gasteiger partial charge >= 0.3 is 0 Å². The lowest BCUT2D eigenvalue weighted by molar-refractivity contribution is 0.278. The highest BCUT2D eigenvalue weighted by Gasteiger charge is 2.44. The van der Waals surface area contributed by atoms with Crippen molar-refractivity contribution in [1.29, 1.82) is 0 Å². The molecule has 0 bridgehead atoms. The summed E-state index contributed by atoms with van der Waals surface area (Å²) in [6, 6.07) is 0. The molecule has 54 valence electrons. The smallest absolute Gasteiger partial charge is 0.0431 e. The van der Waals surface area contributed by atoms with Crippen LogP contribution in [0.3, 0.4) is 0 Å². The van der Waals surface area contributed by atoms with Gasteiger partial charge in [-0.3, -0.25) is 0 Å². The van der Waals surface area contributed by atoms with Gasteiger partial charge in [0.05, 0.1) is 0 Å². The Hall–Kier alpha value is -0.0400. The lowest BCUT2D eigenvalue weighted by atomic mass is 10.1. The summed E-state index contributed by atoms with van der Waals surface area (Å²) in [5, 5.41) is 8.51. The molecule has 0 spiro atoms. The first-order valence-electron chi connectivity index (χ1n) is 3.77. The van der Waals surface area contributed by atoms with Gasteiger partial charge in [-0.15, -0.1) is 0 Å². The number of aliphatic hydroxyl groups excluding tert-OH is 1. The van der Waals surface area contributed by atoms with Crippen LogP contribution in [-0.4, -0.2) is 11.7 Å². The molecule has 0 aromatic rings. The molecular formula is C8H16O. The Labute approximate surface area is 57.1 Å². The van der Waals surface area contributed by atoms with E-state index in [1.165, 1.54) is 12.8 Å². The van der Waals surface area contributed by atoms with E-state index in [2.05, 4.69) is 13.8 Å². The SMILES string of the molecule is CC1(C)CC1CCCO. The predicted molar refractivity (Wildman–Crippen MR) is 38.2 cm³/mol. The summed E-state index contributed by atoms with van der Waals surface area (Å²) in [5.41, 5.74) is 0.606. The highest BCUT2D eigenvalue weighted by molar-refractivity contribution is 4.94. The molecule has 1 N–H and O–H groups in total. The normalized spacial score (nSPS) is 30.3. The van der Waals surface area contributed by atoms with E-state index in [9.17, 15) is 0 Å². The van der Waals surface area contributed by atoms with Gasteiger partial charge in [0.2, 0.25) is 0 Å². The molecule has 0 heterocycles. The van der Waals surface area contributed by atoms with E-state index < -0.39 is 0 Å². The number of hydrogen-bond donors (Lipinski definition) is 1. The Kier molecular flexibility index (Phi) is 1.80. The second-order valence-corrected chi connectivity index (χ2v) is 3.76. The van der Waals surface area contributed by atoms with Crippen molar-refractivity contribution in [2.75, 3.05) is 6.61 Å². The zero-order valence-corrected chi connectivity index (χ0v) is 6.35. The van der Waals surface area contributed by atoms with Crippen LogP contribution < -0.4 is 0 Å². The van der Waals surface area contributed by atoms with Gasteiger partial charge in [0.15, 0.2) is 0 Å². The highest BCUT2D eigenvalue weighted by Crippen LogP contribution is 2.53. The molecule has 0 saturated heterocycles. The number of hydrogen-bond acceptors (Lipinski definition) is 1. The average Bonchev–Trinajstić information content (AvgIpc) is 2.35. The summed E-state index contributed by atoms with van der Waals surface area (Å²) in [5.74, 6) is 0.907. The van der Waals surface area contributed by atoms with Crippen molar-refractivity contribution in [2.45, 2.75) is 33.1 Å². The Balaban J connectivity index is 2.06. The monoisotopic (exact) mass is 128 g/mol. The minimum absolute atomic E-state index is 0.368. The van der Waals surface area contributed by atoms with Gasteiger partial charge in [0.25, 0.3) is 0 Å². The van der Waals surface area contributed by atoms with Gasteiger partial charge in [-0.2, -0.15) is 0 Å². The second kappa shape index (κ2) is 2.30. The van der Waals surface area contributed by atoms with E-state index in [0.717, 1.165) is 12.3 Å². The molecule has 1 atom stereocenters. The van der Waals surface area contributed by atoms with E-state index in [1.54, 1.807) is 0 Å². The number of rotatable bonds is 3. The van der Waals surface area contributed by atoms with Crippen molar-refractivity contribution >= 4 is 0 Å². The van der Waals surface area contributed by atoms with Gasteiger partial charge < -0.3 is 5.11 Å². The van der Waals surface area contributed by atoms with Crippen LogP contribution in [0.2, 0.25) is 0 Å². The molecule has 0 aromatic carbocycles. The fraction of sp³-hybridized carbons (Fsp3) is 1.00. The van der Waals surface area contributed by atoms with Gasteiger partial charge in [-0.25, -0.2) is 0 Å². The summed E-state index contributed by atoms with van der Waals surface area (Å²) in [6.07, 6.45) is 3.59. The molecule has 1 saturated carbocycles. The maximum absolute atomic E-state index is 8.51. The molecule has 1 fully saturated rings. The third kappa shape index (κ3) is 1.68. The number of aliphatic hydroxyl groups is 1. The Morgan fingerprint density at radius 1 is 1.56 bits per heavy atom. The topological polar surface area (TPSA) is 20.2 Å². The van der Waals surface area contributed by atoms with Crippen molar-refractivity contribution in [3.8, 4) is 0 Å². The summed E-state index contributed by atoms with van der Waals surface area (Å²) in [6.45, 7) is 4.97. The van der Waals surface area contributed by atoms with Crippen LogP contribution in [-0.2, 0) is 0 Å². The Bertz CT molecular complexity index is 96.7. The molecule has 0 amide bonds. The lowest BCUT2D eigenvalue weighted by Gasteiger charge is -1.99. The largest absolute Gasteiger partial charge is 0.396 e. The summed E-state index contributed by atoms with van der Waals surface area (Å²) < 4.78 is 0. The average molecular weight is 128 g/mol. The molecule has 1 heteroatoms. The predicted octanol–water partition coefficient (Wildman–Crippen LogP) is 1.81. The standard InChI is InChI=1S/C8H16O/c1-8(2)6-7(8)4-3-5-9/h7,9H,3-6H2,1-2H3. The van der Waals surface area contributed by atoms with Crippen LogP contribution in [0.25, 0.3) is 0 Å². The molecule has 1 aliphatic carbocycles. The van der Waals surface area contributed by atoms with E-state index in [4.69, 9.17) is 5.11 Å². The van der Waals surface area contributed by atoms with Crippen molar-refractivity contribution < 1.29 is 5.11 Å². The first-order valence-corrected chi connectivity index (χ1v) is 3.77. The molecule has 9 heavy (non-hydrogen) atoms. The van der Waals surface area contributed by atoms with Crippen LogP contribution >= 0.6 is 0 Å². The van der Waals surface area contributed by atoms with Crippen molar-refractivity contribution in [1.82, 2.24) is 0 Å². The first kappa shape index (κ1) is 7.07. The maximum atomic E-state index is 8.51. The molecular weight excluding hydrogens is 112 g/mol. The lowest BCUT2D eigenvalue weighted by Crippen LogP contribution is -1.91. The van der Waals surface area contributed by atoms with E-state index in [-0.39, 0.29) is 0 Å². The van der Waals surface area contributed by atoms with Crippen LogP contribution in [0.1, 0.15) is 33.1 Å². The van der Waals surface area contributed by atoms with Gasteiger partial charge in [-0.1, -0.05) is 13.8 Å². The minimum Gasteiger partial charge on any atom is -0.396 e. The van der Waals surface area contributed by atoms with Crippen LogP contribution in [0.5, 0.6) is 0 Å². The third-order valence-electron chi connectivity index (χ3n) is 2.43. The Morgan fingerprint density at radius 2 is 2.11 bits per heavy atom. The zero-order chi connectivity index (χ0) is 6.91. The van der Waals surface area contributed by atoms with Crippen LogP contribution in [0.15, 0.2) is 0 Å². The van der Waals surface area contributed by atoms with E-state index >= 15 is 0 Å². The summed E-state index contributed by atoms with van der Waals surface area (Å²) >= 11 is 0. The quantitative estimate of drug-likeness (QED) is 0.614. The zero-order valence-electron chi connectivity index (χ0n) is 6.35. The van der Waals surface area contributed by atoms with E-state index in [0.29, 0.717) is 12.0 Å². The molecule has 0 aromatic heterocycles. The fourth-order valence-corrected chi connectivity index (χ4v) is 1.41. The van der Waals surface area contributed by atoms with Crippen LogP contribution in [0, 0.1) is 11.3 Å². The summed E-state index contributed by atoms with van der Waals surface area (Å²) in [7, 11) is 0. The second-order valence-electron chi connectivity index (χ2n) is 3.76. The van der Waals surface area contributed by atoms with Crippen molar-refractivity contribution in [2.24, 2.45) is 11.3 Å². The van der Waals surface area contributed by atoms with Crippen molar-refractivity contribution in [3.05, 3.63) is 0 Å². The highest BCUT2D eigenvalue weighted by atomic mass is 16.2. The van der Waals surface area contributed by atoms with E-state index in [1.807, 2.05) is 0 Å². The third-order valence-corrected chi connectivity index (χ3v) is 2.43. The molecule has 0 radical (unpaired) electrons. The van der Waals surface area contributed by atoms with Crippen LogP contribution in [0.4, 0.5) is 0 Å². The van der Waals surface area contributed by atoms with Gasteiger partial charge in [0.1, 0.15) is 0 Å². The minimum atomic E-state index is 0.368. The fourth-order valence-electron chi connectivity index (χ4n) is 1.41. The first-order chi connectivity index (χ1) is 4.17. The van der Waals surface area contributed by atoms with Crippen molar-refractivity contribution in [3.63, 3.8) is 0 Å². The molecule has 1 rings (SSSR count). The molecule has 1 nitrogen and oxygen atoms in total. The molecule has 0 aliphatic heterocycles.